The Bertz CT molecular complexity index is 494. The highest BCUT2D eigenvalue weighted by molar-refractivity contribution is 9.10. The van der Waals surface area contributed by atoms with Crippen LogP contribution in [-0.2, 0) is 9.05 Å². The minimum Gasteiger partial charge on any atom is -0.234 e. The lowest BCUT2D eigenvalue weighted by molar-refractivity contribution is 0.145. The molecule has 0 N–H and O–H groups in total. The van der Waals surface area contributed by atoms with E-state index in [-0.39, 0.29) is 9.63 Å². The molecule has 0 amide bonds. The molecule has 9 heteroatoms. The zero-order chi connectivity index (χ0) is 11.8. The molecule has 1 heterocycles. The minimum atomic E-state index is -4.14. The summed E-state index contributed by atoms with van der Waals surface area (Å²) in [7, 11) is 0.879. The van der Waals surface area contributed by atoms with Gasteiger partial charge in [0, 0.05) is 10.7 Å². The lowest BCUT2D eigenvalue weighted by Crippen LogP contribution is -1.99. The number of alkyl halides is 2. The highest BCUT2D eigenvalue weighted by Gasteiger charge is 2.22. The molecule has 0 saturated heterocycles. The first-order valence-electron chi connectivity index (χ1n) is 3.32. The van der Waals surface area contributed by atoms with E-state index in [1.54, 1.807) is 0 Å². The Labute approximate surface area is 102 Å². The van der Waals surface area contributed by atoms with E-state index in [2.05, 4.69) is 20.9 Å². The third-order valence-electron chi connectivity index (χ3n) is 1.39. The second-order valence-corrected chi connectivity index (χ2v) is 6.07. The molecule has 0 fully saturated rings. The lowest BCUT2D eigenvalue weighted by Gasteiger charge is -2.05. The topological polar surface area (TPSA) is 47.0 Å². The van der Waals surface area contributed by atoms with Gasteiger partial charge in [0.15, 0.2) is 0 Å². The Kier molecular flexibility index (Phi) is 3.91. The molecule has 15 heavy (non-hydrogen) atoms. The first-order chi connectivity index (χ1) is 6.73. The van der Waals surface area contributed by atoms with Crippen LogP contribution in [0.4, 0.5) is 8.78 Å². The molecule has 0 aliphatic heterocycles. The van der Waals surface area contributed by atoms with Crippen LogP contribution in [0.1, 0.15) is 12.1 Å². The molecule has 0 bridgehead atoms. The van der Waals surface area contributed by atoms with Gasteiger partial charge in [-0.25, -0.2) is 22.2 Å². The van der Waals surface area contributed by atoms with Gasteiger partial charge in [0.2, 0.25) is 0 Å². The number of hydrogen-bond donors (Lipinski definition) is 0. The van der Waals surface area contributed by atoms with Crippen LogP contribution in [0.25, 0.3) is 0 Å². The van der Waals surface area contributed by atoms with E-state index in [1.807, 2.05) is 0 Å². The fourth-order valence-electron chi connectivity index (χ4n) is 0.783. The molecule has 84 valence electrons. The van der Waals surface area contributed by atoms with Crippen molar-refractivity contribution in [1.82, 2.24) is 4.98 Å². The average molecular weight is 341 g/mol. The second-order valence-electron chi connectivity index (χ2n) is 2.39. The van der Waals surface area contributed by atoms with E-state index in [0.717, 1.165) is 0 Å². The summed E-state index contributed by atoms with van der Waals surface area (Å²) in [5.41, 5.74) is -0.748. The van der Waals surface area contributed by atoms with Gasteiger partial charge in [-0.15, -0.1) is 0 Å². The smallest absolute Gasteiger partial charge is 0.234 e. The Balaban J connectivity index is 3.52. The fraction of sp³-hybridized carbons (Fsp3) is 0.167. The van der Waals surface area contributed by atoms with Crippen molar-refractivity contribution in [3.63, 3.8) is 0 Å². The van der Waals surface area contributed by atoms with Crippen LogP contribution in [0, 0.1) is 0 Å². The normalized spacial score (nSPS) is 12.1. The van der Waals surface area contributed by atoms with Crippen molar-refractivity contribution in [2.75, 3.05) is 0 Å². The molecule has 0 aliphatic rings. The van der Waals surface area contributed by atoms with Gasteiger partial charge in [-0.3, -0.25) is 0 Å². The second kappa shape index (κ2) is 4.48. The van der Waals surface area contributed by atoms with E-state index >= 15 is 0 Å². The Morgan fingerprint density at radius 3 is 2.40 bits per heavy atom. The average Bonchev–Trinajstić information content (AvgIpc) is 2.06. The molecule has 0 radical (unpaired) electrons. The number of hydrogen-bond acceptors (Lipinski definition) is 3. The SMILES string of the molecule is O=S(=O)(Cl)c1cc(C(F)F)nc(Cl)c1Br. The van der Waals surface area contributed by atoms with Gasteiger partial charge in [0.25, 0.3) is 15.5 Å². The van der Waals surface area contributed by atoms with Gasteiger partial charge >= 0.3 is 0 Å². The van der Waals surface area contributed by atoms with Crippen LogP contribution in [0.5, 0.6) is 0 Å². The molecule has 1 aromatic heterocycles. The van der Waals surface area contributed by atoms with Crippen LogP contribution in [0.15, 0.2) is 15.4 Å². The van der Waals surface area contributed by atoms with Crippen molar-refractivity contribution >= 4 is 47.3 Å². The maximum absolute atomic E-state index is 12.3. The quantitative estimate of drug-likeness (QED) is 0.612. The largest absolute Gasteiger partial charge is 0.280 e. The molecule has 0 aromatic carbocycles. The summed E-state index contributed by atoms with van der Waals surface area (Å²) in [6.45, 7) is 0. The van der Waals surface area contributed by atoms with Gasteiger partial charge in [-0.2, -0.15) is 0 Å². The summed E-state index contributed by atoms with van der Waals surface area (Å²) >= 11 is 8.25. The number of rotatable bonds is 2. The van der Waals surface area contributed by atoms with E-state index in [1.165, 1.54) is 0 Å². The summed E-state index contributed by atoms with van der Waals surface area (Å²) in [5, 5.41) is -0.382. The fourth-order valence-corrected chi connectivity index (χ4v) is 3.10. The number of nitrogens with zero attached hydrogens (tertiary/aromatic N) is 1. The third-order valence-corrected chi connectivity index (χ3v) is 4.30. The Hall–Kier alpha value is 0.0200. The van der Waals surface area contributed by atoms with Gasteiger partial charge in [0.1, 0.15) is 15.7 Å². The van der Waals surface area contributed by atoms with Crippen molar-refractivity contribution in [2.24, 2.45) is 0 Å². The number of pyridine rings is 1. The number of halogens is 5. The third kappa shape index (κ3) is 2.99. The van der Waals surface area contributed by atoms with Gasteiger partial charge in [-0.1, -0.05) is 11.6 Å². The molecule has 0 spiro atoms. The first kappa shape index (κ1) is 13.1. The van der Waals surface area contributed by atoms with Crippen LogP contribution in [0.3, 0.4) is 0 Å². The molecule has 1 rings (SSSR count). The van der Waals surface area contributed by atoms with Crippen LogP contribution >= 0.6 is 38.2 Å². The van der Waals surface area contributed by atoms with Crippen molar-refractivity contribution < 1.29 is 17.2 Å². The van der Waals surface area contributed by atoms with Gasteiger partial charge in [-0.05, 0) is 22.0 Å². The summed E-state index contributed by atoms with van der Waals surface area (Å²) in [4.78, 5) is 2.76. The van der Waals surface area contributed by atoms with Crippen molar-refractivity contribution in [2.45, 2.75) is 11.3 Å². The zero-order valence-corrected chi connectivity index (χ0v) is 10.6. The molecule has 0 saturated carbocycles. The molecule has 3 nitrogen and oxygen atoms in total. The Morgan fingerprint density at radius 1 is 1.47 bits per heavy atom. The molecule has 0 atom stereocenters. The van der Waals surface area contributed by atoms with Gasteiger partial charge in [0.05, 0.1) is 4.47 Å². The summed E-state index contributed by atoms with van der Waals surface area (Å²) < 4.78 is 46.4. The van der Waals surface area contributed by atoms with E-state index in [0.29, 0.717) is 6.07 Å². The summed E-state index contributed by atoms with van der Waals surface area (Å²) in [6.07, 6.45) is -2.92. The maximum Gasteiger partial charge on any atom is 0.280 e. The highest BCUT2D eigenvalue weighted by Crippen LogP contribution is 2.33. The van der Waals surface area contributed by atoms with Crippen LogP contribution in [0.2, 0.25) is 5.15 Å². The predicted molar refractivity (Wildman–Crippen MR) is 54.9 cm³/mol. The Morgan fingerprint density at radius 2 is 2.00 bits per heavy atom. The maximum atomic E-state index is 12.3. The zero-order valence-electron chi connectivity index (χ0n) is 6.72. The standard InChI is InChI=1S/C6H2BrCl2F2NO2S/c7-4-3(15(9,13)14)1-2(6(10)11)12-5(4)8/h1,6H. The molecule has 0 aliphatic carbocycles. The van der Waals surface area contributed by atoms with E-state index in [9.17, 15) is 17.2 Å². The van der Waals surface area contributed by atoms with Crippen molar-refractivity contribution in [3.05, 3.63) is 21.4 Å². The van der Waals surface area contributed by atoms with Crippen molar-refractivity contribution in [3.8, 4) is 0 Å². The lowest BCUT2D eigenvalue weighted by atomic mass is 10.4. The van der Waals surface area contributed by atoms with E-state index < -0.39 is 26.1 Å². The molecular formula is C6H2BrCl2F2NO2S. The molecule has 0 unspecified atom stereocenters. The van der Waals surface area contributed by atoms with Gasteiger partial charge < -0.3 is 0 Å². The summed E-state index contributed by atoms with van der Waals surface area (Å²) in [6, 6.07) is 0.670. The highest BCUT2D eigenvalue weighted by atomic mass is 79.9. The van der Waals surface area contributed by atoms with Crippen LogP contribution in [-0.4, -0.2) is 13.4 Å². The monoisotopic (exact) mass is 339 g/mol. The number of aromatic nitrogens is 1. The molecule has 1 aromatic rings. The predicted octanol–water partition coefficient (Wildman–Crippen LogP) is 3.36. The summed E-state index contributed by atoms with van der Waals surface area (Å²) in [5.74, 6) is 0. The molecular weight excluding hydrogens is 339 g/mol. The van der Waals surface area contributed by atoms with Crippen molar-refractivity contribution in [1.29, 1.82) is 0 Å². The minimum absolute atomic E-state index is 0.136. The van der Waals surface area contributed by atoms with Crippen LogP contribution < -0.4 is 0 Å². The first-order valence-corrected chi connectivity index (χ1v) is 6.80. The van der Waals surface area contributed by atoms with E-state index in [4.69, 9.17) is 22.3 Å².